The number of hydrogen-bond donors (Lipinski definition) is 2. The summed E-state index contributed by atoms with van der Waals surface area (Å²) in [6, 6.07) is 10.8. The molecule has 0 bridgehead atoms. The van der Waals surface area contributed by atoms with Gasteiger partial charge in [0.2, 0.25) is 5.95 Å². The molecule has 1 aliphatic carbocycles. The maximum atomic E-state index is 6.20. The SMILES string of the molecule is C[SiH](C)C1c2c(N)nc(N)nc2CCC1c1ccccc1. The van der Waals surface area contributed by atoms with Crippen LogP contribution in [0.1, 0.15) is 34.7 Å². The summed E-state index contributed by atoms with van der Waals surface area (Å²) in [6.45, 7) is 4.76. The smallest absolute Gasteiger partial charge is 0.222 e. The highest BCUT2D eigenvalue weighted by atomic mass is 28.3. The summed E-state index contributed by atoms with van der Waals surface area (Å²) >= 11 is 0. The number of anilines is 2. The van der Waals surface area contributed by atoms with Crippen molar-refractivity contribution < 1.29 is 0 Å². The average molecular weight is 298 g/mol. The molecule has 1 aliphatic rings. The van der Waals surface area contributed by atoms with Crippen LogP contribution in [0.4, 0.5) is 11.8 Å². The zero-order valence-electron chi connectivity index (χ0n) is 12.6. The number of nitrogens with two attached hydrogens (primary N) is 2. The Morgan fingerprint density at radius 2 is 1.81 bits per heavy atom. The molecule has 0 saturated heterocycles. The Bertz CT molecular complexity index is 642. The summed E-state index contributed by atoms with van der Waals surface area (Å²) in [4.78, 5) is 8.66. The molecule has 1 heterocycles. The van der Waals surface area contributed by atoms with Crippen molar-refractivity contribution in [3.8, 4) is 0 Å². The van der Waals surface area contributed by atoms with Gasteiger partial charge in [0.25, 0.3) is 0 Å². The monoisotopic (exact) mass is 298 g/mol. The number of nitrogens with zero attached hydrogens (tertiary/aromatic N) is 2. The Balaban J connectivity index is 2.10. The third-order valence-electron chi connectivity index (χ3n) is 4.48. The number of aromatic nitrogens is 2. The van der Waals surface area contributed by atoms with Crippen molar-refractivity contribution in [3.63, 3.8) is 0 Å². The lowest BCUT2D eigenvalue weighted by Crippen LogP contribution is -2.31. The number of benzene rings is 1. The van der Waals surface area contributed by atoms with Gasteiger partial charge in [0.05, 0.1) is 5.69 Å². The second kappa shape index (κ2) is 5.48. The van der Waals surface area contributed by atoms with E-state index in [1.165, 1.54) is 11.1 Å². The van der Waals surface area contributed by atoms with E-state index in [2.05, 4.69) is 53.4 Å². The van der Waals surface area contributed by atoms with E-state index in [0.717, 1.165) is 18.5 Å². The van der Waals surface area contributed by atoms with Crippen LogP contribution in [0.2, 0.25) is 13.1 Å². The van der Waals surface area contributed by atoms with Crippen molar-refractivity contribution >= 4 is 20.6 Å². The van der Waals surface area contributed by atoms with Crippen LogP contribution in [0.3, 0.4) is 0 Å². The summed E-state index contributed by atoms with van der Waals surface area (Å²) in [5.74, 6) is 1.41. The van der Waals surface area contributed by atoms with E-state index in [1.807, 2.05) is 0 Å². The third-order valence-corrected chi connectivity index (χ3v) is 6.71. The molecular weight excluding hydrogens is 276 g/mol. The first-order valence-electron chi connectivity index (χ1n) is 7.54. The van der Waals surface area contributed by atoms with Crippen LogP contribution in [0.5, 0.6) is 0 Å². The van der Waals surface area contributed by atoms with Crippen molar-refractivity contribution in [1.29, 1.82) is 0 Å². The highest BCUT2D eigenvalue weighted by Crippen LogP contribution is 2.45. The van der Waals surface area contributed by atoms with E-state index in [1.54, 1.807) is 0 Å². The first kappa shape index (κ1) is 14.1. The largest absolute Gasteiger partial charge is 0.383 e. The third kappa shape index (κ3) is 2.53. The van der Waals surface area contributed by atoms with Gasteiger partial charge in [-0.2, -0.15) is 4.98 Å². The van der Waals surface area contributed by atoms with Crippen LogP contribution >= 0.6 is 0 Å². The Kier molecular flexibility index (Phi) is 3.67. The molecule has 0 amide bonds. The zero-order chi connectivity index (χ0) is 15.0. The summed E-state index contributed by atoms with van der Waals surface area (Å²) in [6.07, 6.45) is 2.05. The maximum Gasteiger partial charge on any atom is 0.222 e. The van der Waals surface area contributed by atoms with Crippen LogP contribution in [-0.2, 0) is 6.42 Å². The molecule has 0 saturated carbocycles. The lowest BCUT2D eigenvalue weighted by Gasteiger charge is -2.36. The number of rotatable bonds is 2. The van der Waals surface area contributed by atoms with Gasteiger partial charge in [-0.1, -0.05) is 43.4 Å². The molecule has 21 heavy (non-hydrogen) atoms. The number of fused-ring (bicyclic) bond motifs is 1. The molecule has 2 aromatic rings. The van der Waals surface area contributed by atoms with Crippen LogP contribution in [0.25, 0.3) is 0 Å². The minimum absolute atomic E-state index is 0.300. The highest BCUT2D eigenvalue weighted by Gasteiger charge is 2.36. The first-order chi connectivity index (χ1) is 10.1. The Labute approximate surface area is 127 Å². The van der Waals surface area contributed by atoms with Gasteiger partial charge < -0.3 is 11.5 Å². The van der Waals surface area contributed by atoms with Gasteiger partial charge in [0.15, 0.2) is 0 Å². The Morgan fingerprint density at radius 1 is 1.10 bits per heavy atom. The fraction of sp³-hybridized carbons (Fsp3) is 0.375. The van der Waals surface area contributed by atoms with Crippen LogP contribution in [0, 0.1) is 0 Å². The van der Waals surface area contributed by atoms with Crippen LogP contribution < -0.4 is 11.5 Å². The number of aryl methyl sites for hydroxylation is 1. The molecule has 0 fully saturated rings. The summed E-state index contributed by atoms with van der Waals surface area (Å²) in [7, 11) is -0.961. The minimum atomic E-state index is -0.961. The fourth-order valence-electron chi connectivity index (χ4n) is 3.65. The van der Waals surface area contributed by atoms with Gasteiger partial charge in [0, 0.05) is 14.4 Å². The molecular formula is C16H22N4Si. The second-order valence-corrected chi connectivity index (χ2v) is 9.36. The molecule has 4 nitrogen and oxygen atoms in total. The zero-order valence-corrected chi connectivity index (χ0v) is 13.7. The normalized spacial score (nSPS) is 21.3. The number of nitrogen functional groups attached to an aromatic ring is 2. The molecule has 0 radical (unpaired) electrons. The lowest BCUT2D eigenvalue weighted by molar-refractivity contribution is 0.550. The number of hydrogen-bond acceptors (Lipinski definition) is 4. The predicted octanol–water partition coefficient (Wildman–Crippen LogP) is 2.48. The molecule has 0 aliphatic heterocycles. The topological polar surface area (TPSA) is 77.8 Å². The van der Waals surface area contributed by atoms with E-state index in [4.69, 9.17) is 11.5 Å². The first-order valence-corrected chi connectivity index (χ1v) is 10.5. The quantitative estimate of drug-likeness (QED) is 0.835. The highest BCUT2D eigenvalue weighted by molar-refractivity contribution is 6.58. The molecule has 1 aromatic heterocycles. The van der Waals surface area contributed by atoms with Crippen molar-refractivity contribution in [1.82, 2.24) is 9.97 Å². The van der Waals surface area contributed by atoms with E-state index >= 15 is 0 Å². The van der Waals surface area contributed by atoms with Gasteiger partial charge in [0.1, 0.15) is 5.82 Å². The standard InChI is InChI=1S/C16H22N4Si/c1-21(2)14-11(10-6-4-3-5-7-10)8-9-12-13(14)15(17)20-16(18)19-12/h3-7,11,14,21H,8-9H2,1-2H3,(H4,17,18,19,20). The Hall–Kier alpha value is -1.88. The molecule has 2 unspecified atom stereocenters. The van der Waals surface area contributed by atoms with E-state index < -0.39 is 8.80 Å². The molecule has 4 N–H and O–H groups in total. The van der Waals surface area contributed by atoms with Crippen molar-refractivity contribution in [2.24, 2.45) is 0 Å². The fourth-order valence-corrected chi connectivity index (χ4v) is 6.03. The summed E-state index contributed by atoms with van der Waals surface area (Å²) < 4.78 is 0. The van der Waals surface area contributed by atoms with E-state index in [9.17, 15) is 0 Å². The van der Waals surface area contributed by atoms with Crippen LogP contribution in [0.15, 0.2) is 30.3 Å². The predicted molar refractivity (Wildman–Crippen MR) is 90.0 cm³/mol. The summed E-state index contributed by atoms with van der Waals surface area (Å²) in [5, 5.41) is 0. The minimum Gasteiger partial charge on any atom is -0.383 e. The van der Waals surface area contributed by atoms with Crippen molar-refractivity contribution in [2.45, 2.75) is 37.4 Å². The van der Waals surface area contributed by atoms with Gasteiger partial charge in [-0.25, -0.2) is 4.98 Å². The van der Waals surface area contributed by atoms with E-state index in [0.29, 0.717) is 23.2 Å². The molecule has 5 heteroatoms. The second-order valence-electron chi connectivity index (χ2n) is 6.15. The molecule has 2 atom stereocenters. The van der Waals surface area contributed by atoms with Gasteiger partial charge >= 0.3 is 0 Å². The maximum absolute atomic E-state index is 6.20. The summed E-state index contributed by atoms with van der Waals surface area (Å²) in [5.41, 5.74) is 16.1. The van der Waals surface area contributed by atoms with Gasteiger partial charge in [-0.3, -0.25) is 0 Å². The Morgan fingerprint density at radius 3 is 2.48 bits per heavy atom. The molecule has 110 valence electrons. The average Bonchev–Trinajstić information content (AvgIpc) is 2.46. The van der Waals surface area contributed by atoms with Gasteiger partial charge in [-0.05, 0) is 29.9 Å². The molecule has 0 spiro atoms. The lowest BCUT2D eigenvalue weighted by atomic mass is 9.81. The molecule has 3 rings (SSSR count). The van der Waals surface area contributed by atoms with Crippen molar-refractivity contribution in [3.05, 3.63) is 47.2 Å². The van der Waals surface area contributed by atoms with Gasteiger partial charge in [-0.15, -0.1) is 0 Å². The van der Waals surface area contributed by atoms with Crippen molar-refractivity contribution in [2.75, 3.05) is 11.5 Å². The van der Waals surface area contributed by atoms with Crippen LogP contribution in [-0.4, -0.2) is 18.8 Å². The van der Waals surface area contributed by atoms with E-state index in [-0.39, 0.29) is 0 Å². The molecule has 1 aromatic carbocycles.